The van der Waals surface area contributed by atoms with Crippen LogP contribution in [0.5, 0.6) is 0 Å². The van der Waals surface area contributed by atoms with Gasteiger partial charge in [0.15, 0.2) is 11.0 Å². The number of carbonyl (C=O) groups excluding carboxylic acids is 1. The number of rotatable bonds is 5. The molecule has 0 aliphatic rings. The SMILES string of the molecule is CSc1nccn1-c1cccc(C(=O)Nc2ccc(-n3cccn3)c(F)c2)c1. The zero-order chi connectivity index (χ0) is 19.5. The summed E-state index contributed by atoms with van der Waals surface area (Å²) in [7, 11) is 0. The number of nitrogens with one attached hydrogen (secondary N) is 1. The van der Waals surface area contributed by atoms with E-state index in [0.29, 0.717) is 16.9 Å². The van der Waals surface area contributed by atoms with Gasteiger partial charge in [0.05, 0.1) is 0 Å². The van der Waals surface area contributed by atoms with Crippen LogP contribution in [0, 0.1) is 5.82 Å². The van der Waals surface area contributed by atoms with E-state index in [1.807, 2.05) is 23.1 Å². The number of halogens is 1. The first kappa shape index (κ1) is 18.0. The van der Waals surface area contributed by atoms with E-state index in [1.54, 1.807) is 55.0 Å². The average molecular weight is 393 g/mol. The van der Waals surface area contributed by atoms with Gasteiger partial charge >= 0.3 is 0 Å². The molecular weight excluding hydrogens is 377 g/mol. The molecule has 4 rings (SSSR count). The van der Waals surface area contributed by atoms with Crippen molar-refractivity contribution in [3.05, 3.63) is 84.7 Å². The minimum atomic E-state index is -0.474. The molecule has 0 bridgehead atoms. The number of anilines is 1. The molecule has 4 aromatic rings. The van der Waals surface area contributed by atoms with E-state index in [4.69, 9.17) is 0 Å². The van der Waals surface area contributed by atoms with E-state index in [2.05, 4.69) is 15.4 Å². The highest BCUT2D eigenvalue weighted by atomic mass is 32.2. The second-order valence-corrected chi connectivity index (χ2v) is 6.68. The van der Waals surface area contributed by atoms with Crippen LogP contribution in [0.1, 0.15) is 10.4 Å². The van der Waals surface area contributed by atoms with E-state index < -0.39 is 5.82 Å². The van der Waals surface area contributed by atoms with Crippen molar-refractivity contribution < 1.29 is 9.18 Å². The number of amides is 1. The van der Waals surface area contributed by atoms with Crippen molar-refractivity contribution in [2.45, 2.75) is 5.16 Å². The third-order valence-corrected chi connectivity index (χ3v) is 4.80. The largest absolute Gasteiger partial charge is 0.322 e. The van der Waals surface area contributed by atoms with Crippen molar-refractivity contribution >= 4 is 23.4 Å². The highest BCUT2D eigenvalue weighted by Gasteiger charge is 2.11. The molecule has 0 radical (unpaired) electrons. The number of thioether (sulfide) groups is 1. The number of aromatic nitrogens is 4. The second kappa shape index (κ2) is 7.69. The average Bonchev–Trinajstić information content (AvgIpc) is 3.40. The van der Waals surface area contributed by atoms with Gasteiger partial charge in [-0.3, -0.25) is 9.36 Å². The van der Waals surface area contributed by atoms with Gasteiger partial charge in [-0.15, -0.1) is 0 Å². The zero-order valence-corrected chi connectivity index (χ0v) is 15.7. The van der Waals surface area contributed by atoms with Crippen molar-refractivity contribution in [1.29, 1.82) is 0 Å². The molecule has 1 amide bonds. The molecule has 0 saturated heterocycles. The van der Waals surface area contributed by atoms with Crippen molar-refractivity contribution in [3.63, 3.8) is 0 Å². The third kappa shape index (κ3) is 3.54. The number of benzene rings is 2. The van der Waals surface area contributed by atoms with E-state index in [-0.39, 0.29) is 5.91 Å². The second-order valence-electron chi connectivity index (χ2n) is 5.91. The van der Waals surface area contributed by atoms with Gasteiger partial charge in [-0.05, 0) is 48.7 Å². The van der Waals surface area contributed by atoms with E-state index in [0.717, 1.165) is 10.8 Å². The van der Waals surface area contributed by atoms with Crippen molar-refractivity contribution in [3.8, 4) is 11.4 Å². The maximum Gasteiger partial charge on any atom is 0.255 e. The predicted octanol–water partition coefficient (Wildman–Crippen LogP) is 4.17. The van der Waals surface area contributed by atoms with Crippen LogP contribution in [0.4, 0.5) is 10.1 Å². The van der Waals surface area contributed by atoms with Gasteiger partial charge in [-0.2, -0.15) is 5.10 Å². The number of nitrogens with zero attached hydrogens (tertiary/aromatic N) is 4. The number of imidazole rings is 1. The summed E-state index contributed by atoms with van der Waals surface area (Å²) in [6, 6.07) is 13.4. The zero-order valence-electron chi connectivity index (χ0n) is 14.9. The Morgan fingerprint density at radius 3 is 2.75 bits per heavy atom. The van der Waals surface area contributed by atoms with Gasteiger partial charge < -0.3 is 5.32 Å². The minimum Gasteiger partial charge on any atom is -0.322 e. The molecule has 8 heteroatoms. The molecule has 0 spiro atoms. The first-order valence-corrected chi connectivity index (χ1v) is 9.67. The van der Waals surface area contributed by atoms with Crippen molar-refractivity contribution in [2.75, 3.05) is 11.6 Å². The fraction of sp³-hybridized carbons (Fsp3) is 0.0500. The first-order valence-electron chi connectivity index (χ1n) is 8.44. The summed E-state index contributed by atoms with van der Waals surface area (Å²) in [5.74, 6) is -0.794. The van der Waals surface area contributed by atoms with Gasteiger partial charge in [0.1, 0.15) is 5.69 Å². The van der Waals surface area contributed by atoms with Gasteiger partial charge in [-0.25, -0.2) is 14.1 Å². The smallest absolute Gasteiger partial charge is 0.255 e. The monoisotopic (exact) mass is 393 g/mol. The quantitative estimate of drug-likeness (QED) is 0.517. The van der Waals surface area contributed by atoms with Crippen LogP contribution in [0.15, 0.2) is 78.5 Å². The van der Waals surface area contributed by atoms with Crippen LogP contribution in [0.2, 0.25) is 0 Å². The Morgan fingerprint density at radius 2 is 2.00 bits per heavy atom. The molecule has 0 aliphatic heterocycles. The third-order valence-electron chi connectivity index (χ3n) is 4.13. The summed E-state index contributed by atoms with van der Waals surface area (Å²) in [4.78, 5) is 16.9. The number of hydrogen-bond donors (Lipinski definition) is 1. The molecule has 6 nitrogen and oxygen atoms in total. The first-order chi connectivity index (χ1) is 13.7. The highest BCUT2D eigenvalue weighted by molar-refractivity contribution is 7.98. The van der Waals surface area contributed by atoms with Gasteiger partial charge in [0.2, 0.25) is 0 Å². The van der Waals surface area contributed by atoms with E-state index in [9.17, 15) is 9.18 Å². The molecular formula is C20H16FN5OS. The van der Waals surface area contributed by atoms with Crippen LogP contribution in [0.3, 0.4) is 0 Å². The summed E-state index contributed by atoms with van der Waals surface area (Å²) in [5, 5.41) is 7.58. The van der Waals surface area contributed by atoms with Gasteiger partial charge in [-0.1, -0.05) is 17.8 Å². The molecule has 2 aromatic heterocycles. The summed E-state index contributed by atoms with van der Waals surface area (Å²) >= 11 is 1.52. The Balaban J connectivity index is 1.56. The van der Waals surface area contributed by atoms with Crippen LogP contribution in [-0.4, -0.2) is 31.5 Å². The fourth-order valence-corrected chi connectivity index (χ4v) is 3.35. The molecule has 0 unspecified atom stereocenters. The molecule has 2 aromatic carbocycles. The van der Waals surface area contributed by atoms with Crippen LogP contribution >= 0.6 is 11.8 Å². The Bertz CT molecular complexity index is 1120. The number of hydrogen-bond acceptors (Lipinski definition) is 4. The maximum absolute atomic E-state index is 14.4. The normalized spacial score (nSPS) is 10.8. The molecule has 0 saturated carbocycles. The van der Waals surface area contributed by atoms with Crippen molar-refractivity contribution in [2.24, 2.45) is 0 Å². The summed E-state index contributed by atoms with van der Waals surface area (Å²) in [6.07, 6.45) is 8.72. The molecule has 28 heavy (non-hydrogen) atoms. The number of carbonyl (C=O) groups is 1. The Hall–Kier alpha value is -3.39. The standard InChI is InChI=1S/C20H16FN5OS/c1-28-20-22-9-11-25(20)16-5-2-4-14(12-16)19(27)24-15-6-7-18(17(21)13-15)26-10-3-8-23-26/h2-13H,1H3,(H,24,27). The van der Waals surface area contributed by atoms with Crippen LogP contribution in [0.25, 0.3) is 11.4 Å². The van der Waals surface area contributed by atoms with Gasteiger partial charge in [0.25, 0.3) is 5.91 Å². The molecule has 0 atom stereocenters. The lowest BCUT2D eigenvalue weighted by molar-refractivity contribution is 0.102. The Morgan fingerprint density at radius 1 is 1.11 bits per heavy atom. The summed E-state index contributed by atoms with van der Waals surface area (Å²) in [5.41, 5.74) is 1.98. The lowest BCUT2D eigenvalue weighted by Crippen LogP contribution is -2.13. The Labute approximate surface area is 165 Å². The predicted molar refractivity (Wildman–Crippen MR) is 107 cm³/mol. The van der Waals surface area contributed by atoms with Crippen LogP contribution in [-0.2, 0) is 0 Å². The highest BCUT2D eigenvalue weighted by Crippen LogP contribution is 2.21. The molecule has 0 aliphatic carbocycles. The molecule has 0 fully saturated rings. The van der Waals surface area contributed by atoms with Crippen LogP contribution < -0.4 is 5.32 Å². The lowest BCUT2D eigenvalue weighted by atomic mass is 10.1. The Kier molecular flexibility index (Phi) is 4.94. The molecule has 1 N–H and O–H groups in total. The molecule has 2 heterocycles. The van der Waals surface area contributed by atoms with E-state index >= 15 is 0 Å². The minimum absolute atomic E-state index is 0.315. The van der Waals surface area contributed by atoms with Gasteiger partial charge in [0, 0.05) is 41.7 Å². The molecule has 140 valence electrons. The fourth-order valence-electron chi connectivity index (χ4n) is 2.82. The lowest BCUT2D eigenvalue weighted by Gasteiger charge is -2.10. The maximum atomic E-state index is 14.4. The van der Waals surface area contributed by atoms with Crippen molar-refractivity contribution in [1.82, 2.24) is 19.3 Å². The van der Waals surface area contributed by atoms with E-state index in [1.165, 1.54) is 22.5 Å². The summed E-state index contributed by atoms with van der Waals surface area (Å²) < 4.78 is 17.7. The topological polar surface area (TPSA) is 64.7 Å². The summed E-state index contributed by atoms with van der Waals surface area (Å²) in [6.45, 7) is 0.